The van der Waals surface area contributed by atoms with Crippen molar-refractivity contribution in [2.24, 2.45) is 5.92 Å². The van der Waals surface area contributed by atoms with Crippen LogP contribution in [0.15, 0.2) is 12.2 Å². The maximum absolute atomic E-state index is 4.03. The molecule has 17 heavy (non-hydrogen) atoms. The van der Waals surface area contributed by atoms with Crippen LogP contribution >= 0.6 is 0 Å². The van der Waals surface area contributed by atoms with Gasteiger partial charge in [-0.1, -0.05) is 39.2 Å². The van der Waals surface area contributed by atoms with E-state index in [9.17, 15) is 0 Å². The fourth-order valence-corrected chi connectivity index (χ4v) is 2.52. The first-order valence-corrected chi connectivity index (χ1v) is 7.53. The Bertz CT molecular complexity index is 180. The van der Waals surface area contributed by atoms with E-state index in [1.165, 1.54) is 50.5 Å². The van der Waals surface area contributed by atoms with Crippen molar-refractivity contribution in [3.63, 3.8) is 0 Å². The Morgan fingerprint density at radius 1 is 1.00 bits per heavy atom. The van der Waals surface area contributed by atoms with Crippen LogP contribution in [-0.4, -0.2) is 12.6 Å². The normalized spacial score (nSPS) is 13.0. The molecule has 0 radical (unpaired) electrons. The van der Waals surface area contributed by atoms with E-state index < -0.39 is 0 Å². The van der Waals surface area contributed by atoms with Gasteiger partial charge in [0.2, 0.25) is 0 Å². The minimum absolute atomic E-state index is 0.701. The van der Waals surface area contributed by atoms with E-state index in [1.807, 2.05) is 0 Å². The van der Waals surface area contributed by atoms with Gasteiger partial charge >= 0.3 is 0 Å². The Morgan fingerprint density at radius 3 is 2.00 bits per heavy atom. The monoisotopic (exact) mass is 239 g/mol. The second-order valence-electron chi connectivity index (χ2n) is 5.39. The largest absolute Gasteiger partial charge is 0.314 e. The molecule has 0 spiro atoms. The SMILES string of the molecule is C=C(C)CCC(NCCC)C(CCC)CCC. The molecule has 0 aromatic heterocycles. The highest BCUT2D eigenvalue weighted by Crippen LogP contribution is 2.22. The molecule has 0 aliphatic rings. The second-order valence-corrected chi connectivity index (χ2v) is 5.39. The van der Waals surface area contributed by atoms with Crippen LogP contribution in [0.2, 0.25) is 0 Å². The van der Waals surface area contributed by atoms with Crippen molar-refractivity contribution in [3.8, 4) is 0 Å². The second kappa shape index (κ2) is 10.8. The van der Waals surface area contributed by atoms with Crippen LogP contribution < -0.4 is 5.32 Å². The number of rotatable bonds is 11. The van der Waals surface area contributed by atoms with Gasteiger partial charge in [-0.3, -0.25) is 0 Å². The molecule has 0 aromatic carbocycles. The zero-order valence-corrected chi connectivity index (χ0v) is 12.5. The lowest BCUT2D eigenvalue weighted by Crippen LogP contribution is -2.36. The van der Waals surface area contributed by atoms with Crippen LogP contribution in [0.3, 0.4) is 0 Å². The van der Waals surface area contributed by atoms with Crippen molar-refractivity contribution in [1.82, 2.24) is 5.32 Å². The molecule has 0 heterocycles. The van der Waals surface area contributed by atoms with Crippen molar-refractivity contribution < 1.29 is 0 Å². The van der Waals surface area contributed by atoms with Gasteiger partial charge in [0.25, 0.3) is 0 Å². The lowest BCUT2D eigenvalue weighted by atomic mass is 9.87. The third-order valence-electron chi connectivity index (χ3n) is 3.43. The van der Waals surface area contributed by atoms with Crippen molar-refractivity contribution >= 4 is 0 Å². The van der Waals surface area contributed by atoms with E-state index in [0.717, 1.165) is 12.5 Å². The minimum Gasteiger partial charge on any atom is -0.314 e. The lowest BCUT2D eigenvalue weighted by molar-refractivity contribution is 0.297. The first-order valence-electron chi connectivity index (χ1n) is 7.53. The average molecular weight is 239 g/mol. The summed E-state index contributed by atoms with van der Waals surface area (Å²) in [6, 6.07) is 0.701. The predicted octanol–water partition coefficient (Wildman–Crippen LogP) is 4.93. The van der Waals surface area contributed by atoms with Crippen LogP contribution in [0.5, 0.6) is 0 Å². The fraction of sp³-hybridized carbons (Fsp3) is 0.875. The molecule has 102 valence electrons. The molecule has 1 nitrogen and oxygen atoms in total. The van der Waals surface area contributed by atoms with E-state index in [0.29, 0.717) is 6.04 Å². The molecule has 0 amide bonds. The van der Waals surface area contributed by atoms with Gasteiger partial charge in [0.15, 0.2) is 0 Å². The standard InChI is InChI=1S/C16H33N/c1-6-9-15(10-7-2)16(17-13-8-3)12-11-14(4)5/h15-17H,4,6-13H2,1-3,5H3. The van der Waals surface area contributed by atoms with Crippen molar-refractivity contribution in [2.45, 2.75) is 78.7 Å². The first-order chi connectivity index (χ1) is 8.15. The average Bonchev–Trinajstić information content (AvgIpc) is 2.29. The highest BCUT2D eigenvalue weighted by Gasteiger charge is 2.18. The van der Waals surface area contributed by atoms with E-state index >= 15 is 0 Å². The van der Waals surface area contributed by atoms with Crippen molar-refractivity contribution in [3.05, 3.63) is 12.2 Å². The Hall–Kier alpha value is -0.300. The van der Waals surface area contributed by atoms with Gasteiger partial charge in [0, 0.05) is 6.04 Å². The third kappa shape index (κ3) is 8.43. The molecule has 1 heteroatoms. The first kappa shape index (κ1) is 16.7. The molecule has 0 bridgehead atoms. The Balaban J connectivity index is 4.30. The molecule has 1 unspecified atom stereocenters. The molecule has 0 rings (SSSR count). The van der Waals surface area contributed by atoms with Crippen molar-refractivity contribution in [2.75, 3.05) is 6.54 Å². The minimum atomic E-state index is 0.701. The molecule has 0 aliphatic heterocycles. The van der Waals surface area contributed by atoms with Gasteiger partial charge in [-0.2, -0.15) is 0 Å². The summed E-state index contributed by atoms with van der Waals surface area (Å²) < 4.78 is 0. The number of hydrogen-bond acceptors (Lipinski definition) is 1. The molecular weight excluding hydrogens is 206 g/mol. The van der Waals surface area contributed by atoms with E-state index in [4.69, 9.17) is 0 Å². The number of nitrogens with one attached hydrogen (secondary N) is 1. The molecule has 0 fully saturated rings. The maximum Gasteiger partial charge on any atom is 0.00983 e. The summed E-state index contributed by atoms with van der Waals surface area (Å²) in [4.78, 5) is 0. The molecule has 0 aromatic rings. The summed E-state index contributed by atoms with van der Waals surface area (Å²) in [5.74, 6) is 0.857. The zero-order chi connectivity index (χ0) is 13.1. The van der Waals surface area contributed by atoms with Crippen molar-refractivity contribution in [1.29, 1.82) is 0 Å². The van der Waals surface area contributed by atoms with Gasteiger partial charge in [-0.05, 0) is 51.5 Å². The summed E-state index contributed by atoms with van der Waals surface area (Å²) in [7, 11) is 0. The van der Waals surface area contributed by atoms with Gasteiger partial charge in [0.05, 0.1) is 0 Å². The zero-order valence-electron chi connectivity index (χ0n) is 12.5. The lowest BCUT2D eigenvalue weighted by Gasteiger charge is -2.28. The van der Waals surface area contributed by atoms with Crippen LogP contribution in [0, 0.1) is 5.92 Å². The topological polar surface area (TPSA) is 12.0 Å². The van der Waals surface area contributed by atoms with E-state index in [2.05, 4.69) is 39.6 Å². The molecule has 0 saturated carbocycles. The molecule has 1 atom stereocenters. The summed E-state index contributed by atoms with van der Waals surface area (Å²) in [6.45, 7) is 14.2. The fourth-order valence-electron chi connectivity index (χ4n) is 2.52. The van der Waals surface area contributed by atoms with Crippen LogP contribution in [0.4, 0.5) is 0 Å². The van der Waals surface area contributed by atoms with Crippen LogP contribution in [0.1, 0.15) is 72.6 Å². The Morgan fingerprint density at radius 2 is 1.59 bits per heavy atom. The third-order valence-corrected chi connectivity index (χ3v) is 3.43. The summed E-state index contributed by atoms with van der Waals surface area (Å²) in [5, 5.41) is 3.75. The summed E-state index contributed by atoms with van der Waals surface area (Å²) in [5.41, 5.74) is 1.32. The van der Waals surface area contributed by atoms with Crippen LogP contribution in [0.25, 0.3) is 0 Å². The number of hydrogen-bond donors (Lipinski definition) is 1. The molecule has 0 saturated heterocycles. The smallest absolute Gasteiger partial charge is 0.00983 e. The predicted molar refractivity (Wildman–Crippen MR) is 79.4 cm³/mol. The summed E-state index contributed by atoms with van der Waals surface area (Å²) in [6.07, 6.45) is 9.01. The van der Waals surface area contributed by atoms with Gasteiger partial charge < -0.3 is 5.32 Å². The molecule has 0 aliphatic carbocycles. The van der Waals surface area contributed by atoms with E-state index in [1.54, 1.807) is 0 Å². The van der Waals surface area contributed by atoms with Gasteiger partial charge in [0.1, 0.15) is 0 Å². The quantitative estimate of drug-likeness (QED) is 0.504. The van der Waals surface area contributed by atoms with E-state index in [-0.39, 0.29) is 0 Å². The van der Waals surface area contributed by atoms with Gasteiger partial charge in [-0.15, -0.1) is 6.58 Å². The highest BCUT2D eigenvalue weighted by molar-refractivity contribution is 4.90. The Labute approximate surface area is 109 Å². The number of allylic oxidation sites excluding steroid dienone is 1. The Kier molecular flexibility index (Phi) is 10.6. The maximum atomic E-state index is 4.03. The molecule has 1 N–H and O–H groups in total. The van der Waals surface area contributed by atoms with Gasteiger partial charge in [-0.25, -0.2) is 0 Å². The molecular formula is C16H33N. The highest BCUT2D eigenvalue weighted by atomic mass is 14.9. The summed E-state index contributed by atoms with van der Waals surface area (Å²) >= 11 is 0. The van der Waals surface area contributed by atoms with Crippen LogP contribution in [-0.2, 0) is 0 Å².